The third kappa shape index (κ3) is 2.73. The van der Waals surface area contributed by atoms with E-state index in [0.717, 1.165) is 12.1 Å². The van der Waals surface area contributed by atoms with Gasteiger partial charge in [-0.1, -0.05) is 0 Å². The van der Waals surface area contributed by atoms with Crippen LogP contribution in [-0.4, -0.2) is 17.7 Å². The van der Waals surface area contributed by atoms with Crippen molar-refractivity contribution in [3.8, 4) is 5.75 Å². The first-order valence-corrected chi connectivity index (χ1v) is 6.18. The molecule has 0 fully saturated rings. The lowest BCUT2D eigenvalue weighted by molar-refractivity contribution is -0.147. The highest BCUT2D eigenvalue weighted by atomic mass is 19.4. The minimum absolute atomic E-state index is 0.216. The Bertz CT molecular complexity index is 535. The summed E-state index contributed by atoms with van der Waals surface area (Å²) in [4.78, 5) is 11.1. The van der Waals surface area contributed by atoms with Crippen molar-refractivity contribution in [2.24, 2.45) is 5.41 Å². The summed E-state index contributed by atoms with van der Waals surface area (Å²) in [6.07, 6.45) is -4.18. The lowest BCUT2D eigenvalue weighted by atomic mass is 9.80. The van der Waals surface area contributed by atoms with Crippen LogP contribution in [0.3, 0.4) is 0 Å². The first-order valence-electron chi connectivity index (χ1n) is 6.18. The smallest absolute Gasteiger partial charge is 0.416 e. The molecule has 1 aliphatic heterocycles. The topological polar surface area (TPSA) is 46.5 Å². The standard InChI is InChI=1S/C14H15F3O3/c1-13(2,12(18)19)6-8-7-20-11-4-3-9(5-10(8)11)14(15,16)17/h3-5,8H,6-7H2,1-2H3,(H,18,19). The molecule has 6 heteroatoms. The summed E-state index contributed by atoms with van der Waals surface area (Å²) in [5, 5.41) is 9.11. The van der Waals surface area contributed by atoms with Crippen molar-refractivity contribution in [3.05, 3.63) is 29.3 Å². The maximum atomic E-state index is 12.7. The molecule has 0 spiro atoms. The van der Waals surface area contributed by atoms with Gasteiger partial charge in [-0.15, -0.1) is 0 Å². The SMILES string of the molecule is CC(C)(CC1COc2ccc(C(F)(F)F)cc21)C(=O)O. The van der Waals surface area contributed by atoms with Gasteiger partial charge in [-0.3, -0.25) is 4.79 Å². The van der Waals surface area contributed by atoms with E-state index >= 15 is 0 Å². The predicted octanol–water partition coefficient (Wildman–Crippen LogP) is 3.68. The van der Waals surface area contributed by atoms with E-state index < -0.39 is 23.1 Å². The Labute approximate surface area is 114 Å². The number of aliphatic carboxylic acids is 1. The van der Waals surface area contributed by atoms with Gasteiger partial charge in [0.25, 0.3) is 0 Å². The van der Waals surface area contributed by atoms with Crippen LogP contribution in [0.1, 0.15) is 37.3 Å². The van der Waals surface area contributed by atoms with E-state index in [0.29, 0.717) is 11.3 Å². The largest absolute Gasteiger partial charge is 0.493 e. The predicted molar refractivity (Wildman–Crippen MR) is 65.7 cm³/mol. The van der Waals surface area contributed by atoms with Crippen LogP contribution in [0.25, 0.3) is 0 Å². The molecule has 1 aliphatic rings. The van der Waals surface area contributed by atoms with E-state index in [9.17, 15) is 18.0 Å². The monoisotopic (exact) mass is 288 g/mol. The van der Waals surface area contributed by atoms with E-state index in [2.05, 4.69) is 0 Å². The number of hydrogen-bond acceptors (Lipinski definition) is 2. The zero-order chi connectivity index (χ0) is 15.1. The van der Waals surface area contributed by atoms with Crippen LogP contribution in [-0.2, 0) is 11.0 Å². The Morgan fingerprint density at radius 2 is 2.05 bits per heavy atom. The average Bonchev–Trinajstić information content (AvgIpc) is 2.70. The van der Waals surface area contributed by atoms with E-state index in [1.807, 2.05) is 0 Å². The van der Waals surface area contributed by atoms with Crippen LogP contribution in [0.5, 0.6) is 5.75 Å². The number of fused-ring (bicyclic) bond motifs is 1. The summed E-state index contributed by atoms with van der Waals surface area (Å²) in [6.45, 7) is 3.33. The van der Waals surface area contributed by atoms with Crippen molar-refractivity contribution >= 4 is 5.97 Å². The van der Waals surface area contributed by atoms with E-state index in [-0.39, 0.29) is 18.9 Å². The lowest BCUT2D eigenvalue weighted by Gasteiger charge is -2.22. The van der Waals surface area contributed by atoms with Crippen molar-refractivity contribution < 1.29 is 27.8 Å². The molecule has 1 aromatic carbocycles. The Hall–Kier alpha value is -1.72. The molecule has 0 aromatic heterocycles. The summed E-state index contributed by atoms with van der Waals surface area (Å²) < 4.78 is 43.5. The van der Waals surface area contributed by atoms with Crippen LogP contribution >= 0.6 is 0 Å². The second-order valence-electron chi connectivity index (χ2n) is 5.65. The number of alkyl halides is 3. The first-order chi connectivity index (χ1) is 9.11. The molecular formula is C14H15F3O3. The Morgan fingerprint density at radius 1 is 1.40 bits per heavy atom. The van der Waals surface area contributed by atoms with Gasteiger partial charge in [0.1, 0.15) is 5.75 Å². The van der Waals surface area contributed by atoms with Gasteiger partial charge in [0.05, 0.1) is 17.6 Å². The number of benzene rings is 1. The number of rotatable bonds is 3. The minimum atomic E-state index is -4.41. The van der Waals surface area contributed by atoms with Gasteiger partial charge in [0.2, 0.25) is 0 Å². The summed E-state index contributed by atoms with van der Waals surface area (Å²) in [5.74, 6) is -0.902. The molecule has 1 atom stereocenters. The van der Waals surface area contributed by atoms with Crippen LogP contribution in [0.15, 0.2) is 18.2 Å². The van der Waals surface area contributed by atoms with E-state index in [1.54, 1.807) is 13.8 Å². The first kappa shape index (κ1) is 14.7. The quantitative estimate of drug-likeness (QED) is 0.922. The van der Waals surface area contributed by atoms with E-state index in [1.165, 1.54) is 6.07 Å². The van der Waals surface area contributed by atoms with Crippen LogP contribution in [0.4, 0.5) is 13.2 Å². The summed E-state index contributed by atoms with van der Waals surface area (Å²) in [6, 6.07) is 3.33. The number of carbonyl (C=O) groups is 1. The number of carboxylic acid groups (broad SMARTS) is 1. The van der Waals surface area contributed by atoms with Crippen molar-refractivity contribution in [3.63, 3.8) is 0 Å². The molecule has 1 N–H and O–H groups in total. The van der Waals surface area contributed by atoms with Crippen molar-refractivity contribution in [2.75, 3.05) is 6.61 Å². The van der Waals surface area contributed by atoms with Gasteiger partial charge in [0.15, 0.2) is 0 Å². The Morgan fingerprint density at radius 3 is 2.60 bits per heavy atom. The van der Waals surface area contributed by atoms with Gasteiger partial charge in [-0.2, -0.15) is 13.2 Å². The second-order valence-corrected chi connectivity index (χ2v) is 5.65. The second kappa shape index (κ2) is 4.68. The maximum Gasteiger partial charge on any atom is 0.416 e. The fourth-order valence-electron chi connectivity index (χ4n) is 2.33. The van der Waals surface area contributed by atoms with Gasteiger partial charge in [0, 0.05) is 11.5 Å². The summed E-state index contributed by atoms with van der Waals surface area (Å²) in [5.41, 5.74) is -1.31. The molecule has 20 heavy (non-hydrogen) atoms. The molecule has 0 amide bonds. The highest BCUT2D eigenvalue weighted by Crippen LogP contribution is 2.43. The fourth-order valence-corrected chi connectivity index (χ4v) is 2.33. The van der Waals surface area contributed by atoms with Crippen LogP contribution < -0.4 is 4.74 Å². The molecule has 1 unspecified atom stereocenters. The molecule has 1 heterocycles. The number of carboxylic acids is 1. The fraction of sp³-hybridized carbons (Fsp3) is 0.500. The highest BCUT2D eigenvalue weighted by Gasteiger charge is 2.37. The minimum Gasteiger partial charge on any atom is -0.493 e. The van der Waals surface area contributed by atoms with Gasteiger partial charge in [-0.25, -0.2) is 0 Å². The Kier molecular flexibility index (Phi) is 3.44. The molecule has 1 aromatic rings. The van der Waals surface area contributed by atoms with Gasteiger partial charge in [-0.05, 0) is 38.5 Å². The number of halogens is 3. The number of ether oxygens (including phenoxy) is 1. The lowest BCUT2D eigenvalue weighted by Crippen LogP contribution is -2.26. The third-order valence-electron chi connectivity index (χ3n) is 3.55. The van der Waals surface area contributed by atoms with Crippen molar-refractivity contribution in [2.45, 2.75) is 32.4 Å². The van der Waals surface area contributed by atoms with Crippen LogP contribution in [0.2, 0.25) is 0 Å². The molecular weight excluding hydrogens is 273 g/mol. The molecule has 0 radical (unpaired) electrons. The van der Waals surface area contributed by atoms with Crippen molar-refractivity contribution in [1.82, 2.24) is 0 Å². The molecule has 0 aliphatic carbocycles. The molecule has 2 rings (SSSR count). The third-order valence-corrected chi connectivity index (χ3v) is 3.55. The number of hydrogen-bond donors (Lipinski definition) is 1. The Balaban J connectivity index is 2.30. The maximum absolute atomic E-state index is 12.7. The molecule has 110 valence electrons. The normalized spacial score (nSPS) is 18.6. The zero-order valence-electron chi connectivity index (χ0n) is 11.1. The van der Waals surface area contributed by atoms with E-state index in [4.69, 9.17) is 9.84 Å². The van der Waals surface area contributed by atoms with Gasteiger partial charge < -0.3 is 9.84 Å². The molecule has 3 nitrogen and oxygen atoms in total. The molecule has 0 bridgehead atoms. The average molecular weight is 288 g/mol. The molecule has 0 saturated carbocycles. The zero-order valence-corrected chi connectivity index (χ0v) is 11.1. The highest BCUT2D eigenvalue weighted by molar-refractivity contribution is 5.73. The van der Waals surface area contributed by atoms with Crippen molar-refractivity contribution in [1.29, 1.82) is 0 Å². The summed E-state index contributed by atoms with van der Waals surface area (Å²) in [7, 11) is 0. The molecule has 0 saturated heterocycles. The van der Waals surface area contributed by atoms with Gasteiger partial charge >= 0.3 is 12.1 Å². The summed E-state index contributed by atoms with van der Waals surface area (Å²) >= 11 is 0. The van der Waals surface area contributed by atoms with Crippen LogP contribution in [0, 0.1) is 5.41 Å².